The van der Waals surface area contributed by atoms with Crippen LogP contribution in [0.3, 0.4) is 0 Å². The van der Waals surface area contributed by atoms with Gasteiger partial charge in [-0.05, 0) is 58.5 Å². The van der Waals surface area contributed by atoms with Crippen LogP contribution in [0.1, 0.15) is 44.2 Å². The number of benzene rings is 1. The highest BCUT2D eigenvalue weighted by Gasteiger charge is 2.40. The van der Waals surface area contributed by atoms with Crippen LogP contribution in [-0.4, -0.2) is 45.2 Å². The van der Waals surface area contributed by atoms with Gasteiger partial charge in [0.25, 0.3) is 0 Å². The van der Waals surface area contributed by atoms with E-state index in [4.69, 9.17) is 0 Å². The zero-order valence-electron chi connectivity index (χ0n) is 14.3. The summed E-state index contributed by atoms with van der Waals surface area (Å²) < 4.78 is 0. The molecule has 1 saturated carbocycles. The van der Waals surface area contributed by atoms with Gasteiger partial charge in [-0.2, -0.15) is 0 Å². The van der Waals surface area contributed by atoms with Crippen LogP contribution in [0, 0.1) is 0 Å². The van der Waals surface area contributed by atoms with Crippen molar-refractivity contribution in [2.24, 2.45) is 0 Å². The molecule has 1 fully saturated rings. The van der Waals surface area contributed by atoms with Crippen LogP contribution in [0.5, 0.6) is 0 Å². The second-order valence-electron chi connectivity index (χ2n) is 6.64. The molecule has 118 valence electrons. The molecule has 1 aromatic rings. The Morgan fingerprint density at radius 3 is 2.33 bits per heavy atom. The van der Waals surface area contributed by atoms with Gasteiger partial charge >= 0.3 is 0 Å². The molecule has 1 N–H and O–H groups in total. The van der Waals surface area contributed by atoms with Crippen molar-refractivity contribution in [3.63, 3.8) is 0 Å². The minimum atomic E-state index is 0.364. The molecule has 0 aliphatic heterocycles. The molecule has 0 radical (unpaired) electrons. The average Bonchev–Trinajstić information content (AvgIpc) is 2.44. The molecule has 3 heteroatoms. The van der Waals surface area contributed by atoms with Gasteiger partial charge in [-0.25, -0.2) is 0 Å². The van der Waals surface area contributed by atoms with Crippen LogP contribution in [0.2, 0.25) is 0 Å². The molecule has 21 heavy (non-hydrogen) atoms. The Hall–Kier alpha value is -1.06. The Kier molecular flexibility index (Phi) is 5.28. The van der Waals surface area contributed by atoms with E-state index in [0.717, 1.165) is 13.0 Å². The Morgan fingerprint density at radius 2 is 1.86 bits per heavy atom. The molecule has 2 rings (SSSR count). The first-order chi connectivity index (χ1) is 10.0. The highest BCUT2D eigenvalue weighted by Crippen LogP contribution is 2.38. The highest BCUT2D eigenvalue weighted by atomic mass is 15.2. The number of anilines is 1. The lowest BCUT2D eigenvalue weighted by Gasteiger charge is -2.49. The van der Waals surface area contributed by atoms with Gasteiger partial charge in [0.2, 0.25) is 0 Å². The fourth-order valence-electron chi connectivity index (χ4n) is 3.57. The number of nitrogens with zero attached hydrogens (tertiary/aromatic N) is 2. The molecule has 0 spiro atoms. The fraction of sp³-hybridized carbons (Fsp3) is 0.667. The standard InChI is InChI=1S/C18H31N3/c1-6-16(19-2)15-10-7-8-11-17(15)21(5)14-18(20(3)4)12-9-13-18/h7-8,10-11,16,19H,6,9,12-14H2,1-5H3. The van der Waals surface area contributed by atoms with Crippen LogP contribution in [-0.2, 0) is 0 Å². The third-order valence-electron chi connectivity index (χ3n) is 5.24. The lowest BCUT2D eigenvalue weighted by molar-refractivity contribution is 0.0683. The molecule has 0 bridgehead atoms. The molecule has 1 unspecified atom stereocenters. The third-order valence-corrected chi connectivity index (χ3v) is 5.24. The SMILES string of the molecule is CCC(NC)c1ccccc1N(C)CC1(N(C)C)CCC1. The molecule has 1 aliphatic rings. The number of rotatable bonds is 7. The van der Waals surface area contributed by atoms with Gasteiger partial charge in [-0.15, -0.1) is 0 Å². The Balaban J connectivity index is 2.21. The third kappa shape index (κ3) is 3.24. The Labute approximate surface area is 130 Å². The average molecular weight is 289 g/mol. The van der Waals surface area contributed by atoms with Gasteiger partial charge in [0, 0.05) is 30.9 Å². The predicted molar refractivity (Wildman–Crippen MR) is 92.1 cm³/mol. The van der Waals surface area contributed by atoms with Gasteiger partial charge in [-0.3, -0.25) is 0 Å². The molecule has 0 saturated heterocycles. The molecule has 1 aromatic carbocycles. The molecule has 1 aliphatic carbocycles. The maximum atomic E-state index is 3.44. The zero-order valence-corrected chi connectivity index (χ0v) is 14.3. The van der Waals surface area contributed by atoms with Crippen molar-refractivity contribution in [3.8, 4) is 0 Å². The zero-order chi connectivity index (χ0) is 15.5. The van der Waals surface area contributed by atoms with Gasteiger partial charge < -0.3 is 15.1 Å². The van der Waals surface area contributed by atoms with E-state index >= 15 is 0 Å². The van der Waals surface area contributed by atoms with E-state index < -0.39 is 0 Å². The fourth-order valence-corrected chi connectivity index (χ4v) is 3.57. The minimum absolute atomic E-state index is 0.364. The number of para-hydroxylation sites is 1. The van der Waals surface area contributed by atoms with Crippen molar-refractivity contribution in [1.29, 1.82) is 0 Å². The second-order valence-corrected chi connectivity index (χ2v) is 6.64. The van der Waals surface area contributed by atoms with Crippen LogP contribution < -0.4 is 10.2 Å². The van der Waals surface area contributed by atoms with Crippen molar-refractivity contribution in [2.75, 3.05) is 39.6 Å². The summed E-state index contributed by atoms with van der Waals surface area (Å²) >= 11 is 0. The van der Waals surface area contributed by atoms with E-state index in [2.05, 4.69) is 74.5 Å². The predicted octanol–water partition coefficient (Wildman–Crippen LogP) is 3.28. The van der Waals surface area contributed by atoms with Gasteiger partial charge in [0.15, 0.2) is 0 Å². The Morgan fingerprint density at radius 1 is 1.19 bits per heavy atom. The van der Waals surface area contributed by atoms with Crippen molar-refractivity contribution in [1.82, 2.24) is 10.2 Å². The molecule has 0 aromatic heterocycles. The second kappa shape index (κ2) is 6.80. The summed E-state index contributed by atoms with van der Waals surface area (Å²) in [5.74, 6) is 0. The van der Waals surface area contributed by atoms with E-state index in [1.807, 2.05) is 0 Å². The van der Waals surface area contributed by atoms with E-state index in [-0.39, 0.29) is 0 Å². The largest absolute Gasteiger partial charge is 0.372 e. The van der Waals surface area contributed by atoms with Gasteiger partial charge in [-0.1, -0.05) is 25.1 Å². The summed E-state index contributed by atoms with van der Waals surface area (Å²) in [5.41, 5.74) is 3.15. The number of likely N-dealkylation sites (N-methyl/N-ethyl adjacent to an activating group) is 2. The minimum Gasteiger partial charge on any atom is -0.372 e. The van der Waals surface area contributed by atoms with Gasteiger partial charge in [0.05, 0.1) is 0 Å². The normalized spacial score (nSPS) is 18.4. The summed E-state index contributed by atoms with van der Waals surface area (Å²) in [4.78, 5) is 4.87. The molecule has 0 amide bonds. The summed E-state index contributed by atoms with van der Waals surface area (Å²) in [5, 5.41) is 3.44. The van der Waals surface area contributed by atoms with Crippen molar-refractivity contribution in [2.45, 2.75) is 44.2 Å². The number of hydrogen-bond donors (Lipinski definition) is 1. The maximum Gasteiger partial charge on any atom is 0.0412 e. The smallest absolute Gasteiger partial charge is 0.0412 e. The van der Waals surface area contributed by atoms with Gasteiger partial charge in [0.1, 0.15) is 0 Å². The van der Waals surface area contributed by atoms with Crippen LogP contribution in [0.25, 0.3) is 0 Å². The summed E-state index contributed by atoms with van der Waals surface area (Å²) in [6.45, 7) is 3.35. The molecular weight excluding hydrogens is 258 g/mol. The van der Waals surface area contributed by atoms with Crippen molar-refractivity contribution >= 4 is 5.69 Å². The highest BCUT2D eigenvalue weighted by molar-refractivity contribution is 5.55. The molecular formula is C18H31N3. The van der Waals surface area contributed by atoms with Crippen molar-refractivity contribution in [3.05, 3.63) is 29.8 Å². The lowest BCUT2D eigenvalue weighted by atomic mass is 9.75. The first-order valence-electron chi connectivity index (χ1n) is 8.19. The topological polar surface area (TPSA) is 18.5 Å². The number of hydrogen-bond acceptors (Lipinski definition) is 3. The monoisotopic (exact) mass is 289 g/mol. The number of nitrogens with one attached hydrogen (secondary N) is 1. The molecule has 0 heterocycles. The summed E-state index contributed by atoms with van der Waals surface area (Å²) in [6, 6.07) is 9.26. The first kappa shape index (κ1) is 16.3. The lowest BCUT2D eigenvalue weighted by Crippen LogP contribution is -2.56. The van der Waals surface area contributed by atoms with Crippen LogP contribution >= 0.6 is 0 Å². The van der Waals surface area contributed by atoms with E-state index in [9.17, 15) is 0 Å². The van der Waals surface area contributed by atoms with E-state index in [1.54, 1.807) is 0 Å². The van der Waals surface area contributed by atoms with Crippen LogP contribution in [0.4, 0.5) is 5.69 Å². The quantitative estimate of drug-likeness (QED) is 0.831. The first-order valence-corrected chi connectivity index (χ1v) is 8.19. The van der Waals surface area contributed by atoms with Crippen molar-refractivity contribution < 1.29 is 0 Å². The molecule has 3 nitrogen and oxygen atoms in total. The van der Waals surface area contributed by atoms with E-state index in [0.29, 0.717) is 11.6 Å². The van der Waals surface area contributed by atoms with E-state index in [1.165, 1.54) is 30.5 Å². The van der Waals surface area contributed by atoms with Crippen LogP contribution in [0.15, 0.2) is 24.3 Å². The maximum absolute atomic E-state index is 3.44. The summed E-state index contributed by atoms with van der Waals surface area (Å²) in [7, 11) is 8.74. The Bertz CT molecular complexity index is 448. The molecule has 1 atom stereocenters. The summed E-state index contributed by atoms with van der Waals surface area (Å²) in [6.07, 6.45) is 5.10.